The van der Waals surface area contributed by atoms with Gasteiger partial charge in [0.15, 0.2) is 0 Å². The zero-order valence-corrected chi connectivity index (χ0v) is 22.2. The molecule has 0 aliphatic heterocycles. The Morgan fingerprint density at radius 1 is 1.08 bits per heavy atom. The van der Waals surface area contributed by atoms with Crippen molar-refractivity contribution >= 4 is 39.1 Å². The van der Waals surface area contributed by atoms with E-state index < -0.39 is 16.1 Å². The highest BCUT2D eigenvalue weighted by molar-refractivity contribution is 7.92. The van der Waals surface area contributed by atoms with Crippen molar-refractivity contribution < 1.29 is 22.4 Å². The Labute approximate surface area is 217 Å². The summed E-state index contributed by atoms with van der Waals surface area (Å²) in [5.74, 6) is -0.888. The van der Waals surface area contributed by atoms with Crippen molar-refractivity contribution in [2.75, 3.05) is 17.1 Å². The van der Waals surface area contributed by atoms with Crippen LogP contribution in [0, 0.1) is 5.82 Å². The average molecular weight is 538 g/mol. The van der Waals surface area contributed by atoms with E-state index in [-0.39, 0.29) is 49.6 Å². The number of benzene rings is 2. The van der Waals surface area contributed by atoms with E-state index in [1.807, 2.05) is 0 Å². The van der Waals surface area contributed by atoms with E-state index in [9.17, 15) is 22.4 Å². The molecule has 2 aromatic rings. The normalized spacial score (nSPS) is 14.9. The van der Waals surface area contributed by atoms with Gasteiger partial charge >= 0.3 is 0 Å². The first-order chi connectivity index (χ1) is 17.0. The van der Waals surface area contributed by atoms with Crippen molar-refractivity contribution in [1.29, 1.82) is 0 Å². The third kappa shape index (κ3) is 7.93. The number of nitrogens with zero attached hydrogens (tertiary/aromatic N) is 2. The predicted molar refractivity (Wildman–Crippen MR) is 140 cm³/mol. The molecule has 0 saturated heterocycles. The summed E-state index contributed by atoms with van der Waals surface area (Å²) < 4.78 is 39.4. The van der Waals surface area contributed by atoms with Crippen molar-refractivity contribution in [2.24, 2.45) is 0 Å². The molecule has 196 valence electrons. The second kappa shape index (κ2) is 12.5. The fourth-order valence-corrected chi connectivity index (χ4v) is 5.46. The van der Waals surface area contributed by atoms with Crippen LogP contribution in [0.15, 0.2) is 48.5 Å². The number of hydrogen-bond donors (Lipinski definition) is 1. The van der Waals surface area contributed by atoms with E-state index in [2.05, 4.69) is 5.32 Å². The molecule has 1 saturated carbocycles. The SMILES string of the molecule is C[C@H](C(=O)NC1CCCC1)N(Cc1ccc(F)cc1)C(=O)CCCN(c1ccc(Cl)cc1)S(C)(=O)=O. The summed E-state index contributed by atoms with van der Waals surface area (Å²) in [5.41, 5.74) is 1.16. The minimum atomic E-state index is -3.58. The summed E-state index contributed by atoms with van der Waals surface area (Å²) >= 11 is 5.92. The van der Waals surface area contributed by atoms with Gasteiger partial charge in [-0.15, -0.1) is 0 Å². The Hall–Kier alpha value is -2.65. The van der Waals surface area contributed by atoms with Crippen molar-refractivity contribution in [2.45, 2.75) is 64.1 Å². The number of carbonyl (C=O) groups is 2. The first kappa shape index (κ1) is 27.9. The van der Waals surface area contributed by atoms with E-state index in [0.29, 0.717) is 16.3 Å². The van der Waals surface area contributed by atoms with Crippen LogP contribution >= 0.6 is 11.6 Å². The van der Waals surface area contributed by atoms with E-state index in [1.165, 1.54) is 21.3 Å². The largest absolute Gasteiger partial charge is 0.352 e. The second-order valence-corrected chi connectivity index (χ2v) is 11.6. The fraction of sp³-hybridized carbons (Fsp3) is 0.462. The van der Waals surface area contributed by atoms with E-state index in [1.54, 1.807) is 43.3 Å². The Morgan fingerprint density at radius 3 is 2.28 bits per heavy atom. The molecule has 3 rings (SSSR count). The van der Waals surface area contributed by atoms with E-state index in [4.69, 9.17) is 11.6 Å². The van der Waals surface area contributed by atoms with Crippen LogP contribution in [0.25, 0.3) is 0 Å². The lowest BCUT2D eigenvalue weighted by atomic mass is 10.1. The molecule has 1 aliphatic carbocycles. The third-order valence-electron chi connectivity index (χ3n) is 6.40. The first-order valence-corrected chi connectivity index (χ1v) is 14.3. The van der Waals surface area contributed by atoms with Gasteiger partial charge in [0.1, 0.15) is 11.9 Å². The van der Waals surface area contributed by atoms with Crippen molar-refractivity contribution in [3.05, 3.63) is 64.9 Å². The molecule has 0 unspecified atom stereocenters. The highest BCUT2D eigenvalue weighted by atomic mass is 35.5. The Balaban J connectivity index is 1.70. The van der Waals surface area contributed by atoms with Crippen LogP contribution in [0.1, 0.15) is 51.0 Å². The van der Waals surface area contributed by atoms with Gasteiger partial charge in [-0.25, -0.2) is 12.8 Å². The quantitative estimate of drug-likeness (QED) is 0.457. The molecule has 0 bridgehead atoms. The van der Waals surface area contributed by atoms with Crippen molar-refractivity contribution in [1.82, 2.24) is 10.2 Å². The summed E-state index contributed by atoms with van der Waals surface area (Å²) in [4.78, 5) is 27.7. The molecule has 0 aromatic heterocycles. The molecule has 2 amide bonds. The van der Waals surface area contributed by atoms with Gasteiger partial charge in [0.25, 0.3) is 0 Å². The Kier molecular flexibility index (Phi) is 9.73. The highest BCUT2D eigenvalue weighted by Gasteiger charge is 2.28. The zero-order chi connectivity index (χ0) is 26.3. The lowest BCUT2D eigenvalue weighted by molar-refractivity contribution is -0.141. The number of rotatable bonds is 11. The topological polar surface area (TPSA) is 86.8 Å². The number of amides is 2. The minimum Gasteiger partial charge on any atom is -0.352 e. The standard InChI is InChI=1S/C26H33ClFN3O4S/c1-19(26(33)29-23-6-3-4-7-23)30(18-20-9-13-22(28)14-10-20)25(32)8-5-17-31(36(2,34)35)24-15-11-21(27)12-16-24/h9-16,19,23H,3-8,17-18H2,1-2H3,(H,29,33)/t19-/m1/s1. The summed E-state index contributed by atoms with van der Waals surface area (Å²) in [5, 5.41) is 3.53. The van der Waals surface area contributed by atoms with Gasteiger partial charge in [0.2, 0.25) is 21.8 Å². The zero-order valence-electron chi connectivity index (χ0n) is 20.6. The summed E-state index contributed by atoms with van der Waals surface area (Å²) in [6.07, 6.45) is 5.41. The average Bonchev–Trinajstić information content (AvgIpc) is 3.34. The minimum absolute atomic E-state index is 0.0435. The van der Waals surface area contributed by atoms with Crippen LogP contribution in [0.3, 0.4) is 0 Å². The number of halogens is 2. The van der Waals surface area contributed by atoms with Crippen LogP contribution in [0.2, 0.25) is 5.02 Å². The first-order valence-electron chi connectivity index (χ1n) is 12.1. The highest BCUT2D eigenvalue weighted by Crippen LogP contribution is 2.22. The van der Waals surface area contributed by atoms with Crippen LogP contribution in [-0.4, -0.2) is 50.0 Å². The maximum atomic E-state index is 13.4. The predicted octanol–water partition coefficient (Wildman–Crippen LogP) is 4.50. The number of hydrogen-bond acceptors (Lipinski definition) is 4. The maximum absolute atomic E-state index is 13.4. The molecule has 1 atom stereocenters. The van der Waals surface area contributed by atoms with Crippen LogP contribution < -0.4 is 9.62 Å². The van der Waals surface area contributed by atoms with Crippen molar-refractivity contribution in [3.8, 4) is 0 Å². The van der Waals surface area contributed by atoms with Gasteiger partial charge in [-0.2, -0.15) is 0 Å². The number of sulfonamides is 1. The Bertz CT molecular complexity index is 1140. The molecular weight excluding hydrogens is 505 g/mol. The summed E-state index contributed by atoms with van der Waals surface area (Å²) in [7, 11) is -3.58. The van der Waals surface area contributed by atoms with E-state index in [0.717, 1.165) is 31.9 Å². The van der Waals surface area contributed by atoms with Crippen molar-refractivity contribution in [3.63, 3.8) is 0 Å². The molecule has 0 heterocycles. The molecule has 2 aromatic carbocycles. The lowest BCUT2D eigenvalue weighted by Gasteiger charge is -2.30. The Morgan fingerprint density at radius 2 is 1.69 bits per heavy atom. The van der Waals surface area contributed by atoms with Gasteiger partial charge in [-0.3, -0.25) is 13.9 Å². The van der Waals surface area contributed by atoms with Gasteiger partial charge < -0.3 is 10.2 Å². The molecule has 1 fully saturated rings. The monoisotopic (exact) mass is 537 g/mol. The maximum Gasteiger partial charge on any atom is 0.242 e. The van der Waals surface area contributed by atoms with E-state index >= 15 is 0 Å². The van der Waals surface area contributed by atoms with Gasteiger partial charge in [-0.05, 0) is 68.1 Å². The lowest BCUT2D eigenvalue weighted by Crippen LogP contribution is -2.49. The second-order valence-electron chi connectivity index (χ2n) is 9.23. The molecule has 0 spiro atoms. The van der Waals surface area contributed by atoms with Gasteiger partial charge in [0.05, 0.1) is 11.9 Å². The molecular formula is C26H33ClFN3O4S. The molecule has 7 nitrogen and oxygen atoms in total. The molecule has 10 heteroatoms. The molecule has 1 aliphatic rings. The van der Waals surface area contributed by atoms with Crippen LogP contribution in [0.5, 0.6) is 0 Å². The summed E-state index contributed by atoms with van der Waals surface area (Å²) in [6.45, 7) is 1.92. The van der Waals surface area contributed by atoms with Gasteiger partial charge in [-0.1, -0.05) is 36.6 Å². The number of anilines is 1. The smallest absolute Gasteiger partial charge is 0.242 e. The molecule has 0 radical (unpaired) electrons. The fourth-order valence-electron chi connectivity index (χ4n) is 4.37. The third-order valence-corrected chi connectivity index (χ3v) is 7.85. The summed E-state index contributed by atoms with van der Waals surface area (Å²) in [6, 6.07) is 11.6. The van der Waals surface area contributed by atoms with Gasteiger partial charge in [0, 0.05) is 30.6 Å². The number of carbonyl (C=O) groups excluding carboxylic acids is 2. The van der Waals surface area contributed by atoms with Crippen LogP contribution in [-0.2, 0) is 26.2 Å². The number of nitrogens with one attached hydrogen (secondary N) is 1. The molecule has 36 heavy (non-hydrogen) atoms. The molecule has 1 N–H and O–H groups in total. The van der Waals surface area contributed by atoms with Crippen LogP contribution in [0.4, 0.5) is 10.1 Å².